The van der Waals surface area contributed by atoms with Crippen molar-refractivity contribution < 1.29 is 9.59 Å². The molecule has 6 N–H and O–H groups in total. The van der Waals surface area contributed by atoms with Crippen molar-refractivity contribution in [1.29, 1.82) is 21.6 Å². The monoisotopic (exact) mass is 370 g/mol. The molecule has 0 aromatic carbocycles. The van der Waals surface area contributed by atoms with Crippen LogP contribution in [0.1, 0.15) is 39.5 Å². The first-order valence-corrected chi connectivity index (χ1v) is 9.04. The number of carbonyl (C=O) groups is 2. The molecule has 0 spiro atoms. The van der Waals surface area contributed by atoms with Crippen molar-refractivity contribution in [2.24, 2.45) is 11.8 Å². The van der Waals surface area contributed by atoms with Crippen LogP contribution >= 0.6 is 23.5 Å². The van der Waals surface area contributed by atoms with Gasteiger partial charge in [0.05, 0.1) is 10.1 Å². The third-order valence-electron chi connectivity index (χ3n) is 3.40. The molecular weight excluding hydrogens is 348 g/mol. The van der Waals surface area contributed by atoms with E-state index < -0.39 is 0 Å². The summed E-state index contributed by atoms with van der Waals surface area (Å²) in [6.07, 6.45) is 2.99. The van der Waals surface area contributed by atoms with Crippen LogP contribution in [0.15, 0.2) is 0 Å². The van der Waals surface area contributed by atoms with Crippen molar-refractivity contribution >= 4 is 55.8 Å². The smallest absolute Gasteiger partial charge is 0.222 e. The minimum atomic E-state index is -0.326. The second-order valence-electron chi connectivity index (χ2n) is 5.59. The van der Waals surface area contributed by atoms with Gasteiger partial charge in [0.25, 0.3) is 0 Å². The molecule has 0 aliphatic heterocycles. The first-order chi connectivity index (χ1) is 11.2. The molecule has 10 heteroatoms. The molecule has 1 rings (SSSR count). The summed E-state index contributed by atoms with van der Waals surface area (Å²) in [6.45, 7) is 2.65. The van der Waals surface area contributed by atoms with Crippen molar-refractivity contribution in [2.45, 2.75) is 39.5 Å². The highest BCUT2D eigenvalue weighted by molar-refractivity contribution is 8.26. The molecule has 1 aliphatic rings. The zero-order valence-corrected chi connectivity index (χ0v) is 15.2. The number of carbonyl (C=O) groups excluding carboxylic acids is 2. The van der Waals surface area contributed by atoms with Gasteiger partial charge in [-0.3, -0.25) is 31.2 Å². The average Bonchev–Trinajstić information content (AvgIpc) is 2.84. The minimum Gasteiger partial charge on any atom is -0.306 e. The van der Waals surface area contributed by atoms with Gasteiger partial charge in [-0.2, -0.15) is 0 Å². The first-order valence-electron chi connectivity index (χ1n) is 7.41. The van der Waals surface area contributed by atoms with Gasteiger partial charge in [0, 0.05) is 19.8 Å². The summed E-state index contributed by atoms with van der Waals surface area (Å²) in [6, 6.07) is 0. The summed E-state index contributed by atoms with van der Waals surface area (Å²) in [5.74, 6) is -0.345. The Labute approximate surface area is 149 Å². The number of hydrogen-bond acceptors (Lipinski definition) is 8. The van der Waals surface area contributed by atoms with E-state index in [2.05, 4.69) is 10.6 Å². The molecule has 0 saturated heterocycles. The lowest BCUT2D eigenvalue weighted by molar-refractivity contribution is -0.118. The number of amidine groups is 2. The van der Waals surface area contributed by atoms with Crippen LogP contribution in [0.4, 0.5) is 0 Å². The van der Waals surface area contributed by atoms with E-state index in [1.807, 2.05) is 0 Å². The zero-order valence-electron chi connectivity index (χ0n) is 13.6. The Morgan fingerprint density at radius 3 is 2.04 bits per heavy atom. The summed E-state index contributed by atoms with van der Waals surface area (Å²) in [7, 11) is 0. The maximum absolute atomic E-state index is 10.9. The third kappa shape index (κ3) is 7.73. The van der Waals surface area contributed by atoms with Crippen LogP contribution in [0.2, 0.25) is 0 Å². The Hall–Kier alpha value is -1.68. The molecule has 0 radical (unpaired) electrons. The van der Waals surface area contributed by atoms with E-state index in [0.717, 1.165) is 42.8 Å². The predicted molar refractivity (Wildman–Crippen MR) is 99.2 cm³/mol. The molecule has 0 unspecified atom stereocenters. The van der Waals surface area contributed by atoms with E-state index in [9.17, 15) is 9.59 Å². The molecule has 0 aromatic rings. The lowest BCUT2D eigenvalue weighted by Gasteiger charge is -2.13. The third-order valence-corrected chi connectivity index (χ3v) is 4.98. The molecule has 1 saturated carbocycles. The van der Waals surface area contributed by atoms with E-state index in [1.165, 1.54) is 13.8 Å². The highest BCUT2D eigenvalue weighted by Crippen LogP contribution is 2.37. The van der Waals surface area contributed by atoms with Gasteiger partial charge in [-0.15, -0.1) is 0 Å². The standard InChI is InChI=1S/C14H22N6O2S2/c1-7(21)19-13(17)23-11(15)6-9-3-4-10(5-9)12(16)24-14(18)20-8(2)22/h9-10,15-16H,3-6H2,1-2H3,(H2,17,19,21)(H2,18,20,22)/t9-,10+/m0/s1. The molecule has 132 valence electrons. The van der Waals surface area contributed by atoms with Gasteiger partial charge < -0.3 is 10.6 Å². The SMILES string of the molecule is CC(=O)NC(=N)SC(=N)C[C@H]1CC[C@@H](C(=N)SC(=N)NC(C)=O)C1. The summed E-state index contributed by atoms with van der Waals surface area (Å²) in [5.41, 5.74) is 0. The highest BCUT2D eigenvalue weighted by atomic mass is 32.2. The van der Waals surface area contributed by atoms with Crippen LogP contribution in [0.5, 0.6) is 0 Å². The Morgan fingerprint density at radius 1 is 0.958 bits per heavy atom. The van der Waals surface area contributed by atoms with Gasteiger partial charge in [-0.1, -0.05) is 0 Å². The van der Waals surface area contributed by atoms with Crippen LogP contribution in [0.25, 0.3) is 0 Å². The van der Waals surface area contributed by atoms with E-state index in [1.54, 1.807) is 0 Å². The fraction of sp³-hybridized carbons (Fsp3) is 0.571. The molecule has 2 amide bonds. The van der Waals surface area contributed by atoms with E-state index >= 15 is 0 Å². The van der Waals surface area contributed by atoms with Gasteiger partial charge >= 0.3 is 0 Å². The van der Waals surface area contributed by atoms with Crippen molar-refractivity contribution in [2.75, 3.05) is 0 Å². The first kappa shape index (κ1) is 20.4. The second kappa shape index (κ2) is 9.58. The highest BCUT2D eigenvalue weighted by Gasteiger charge is 2.29. The van der Waals surface area contributed by atoms with E-state index in [4.69, 9.17) is 21.6 Å². The maximum Gasteiger partial charge on any atom is 0.222 e. The number of thioether (sulfide) groups is 2. The molecular formula is C14H22N6O2S2. The predicted octanol–water partition coefficient (Wildman–Crippen LogP) is 2.36. The van der Waals surface area contributed by atoms with Crippen LogP contribution in [-0.2, 0) is 9.59 Å². The molecule has 2 atom stereocenters. The van der Waals surface area contributed by atoms with E-state index in [-0.39, 0.29) is 34.0 Å². The summed E-state index contributed by atoms with van der Waals surface area (Å²) in [4.78, 5) is 21.7. The maximum atomic E-state index is 10.9. The molecule has 1 fully saturated rings. The van der Waals surface area contributed by atoms with Crippen molar-refractivity contribution in [3.8, 4) is 0 Å². The summed E-state index contributed by atoms with van der Waals surface area (Å²) >= 11 is 1.89. The van der Waals surface area contributed by atoms with Crippen molar-refractivity contribution in [3.63, 3.8) is 0 Å². The normalized spacial score (nSPS) is 19.4. The molecule has 1 aliphatic carbocycles. The van der Waals surface area contributed by atoms with Crippen molar-refractivity contribution in [1.82, 2.24) is 10.6 Å². The fourth-order valence-electron chi connectivity index (χ4n) is 2.49. The Kier molecular flexibility index (Phi) is 8.13. The molecule has 0 aromatic heterocycles. The Morgan fingerprint density at radius 2 is 1.50 bits per heavy atom. The lowest BCUT2D eigenvalue weighted by Crippen LogP contribution is -2.26. The molecule has 8 nitrogen and oxygen atoms in total. The number of hydrogen-bond donors (Lipinski definition) is 6. The van der Waals surface area contributed by atoms with E-state index in [0.29, 0.717) is 16.5 Å². The Bertz CT molecular complexity index is 578. The summed E-state index contributed by atoms with van der Waals surface area (Å²) < 4.78 is 0. The fourth-order valence-corrected chi connectivity index (χ4v) is 4.05. The number of nitrogens with one attached hydrogen (secondary N) is 6. The molecule has 0 heterocycles. The number of rotatable bonds is 3. The Balaban J connectivity index is 2.37. The lowest BCUT2D eigenvalue weighted by atomic mass is 10.0. The molecule has 0 bridgehead atoms. The average molecular weight is 371 g/mol. The topological polar surface area (TPSA) is 154 Å². The largest absolute Gasteiger partial charge is 0.306 e. The summed E-state index contributed by atoms with van der Waals surface area (Å²) in [5, 5.41) is 36.4. The van der Waals surface area contributed by atoms with Gasteiger partial charge in [-0.05, 0) is 55.1 Å². The van der Waals surface area contributed by atoms with Gasteiger partial charge in [0.2, 0.25) is 11.8 Å². The minimum absolute atomic E-state index is 0.0389. The van der Waals surface area contributed by atoms with Gasteiger partial charge in [-0.25, -0.2) is 0 Å². The number of amides is 2. The molecule has 24 heavy (non-hydrogen) atoms. The van der Waals surface area contributed by atoms with Crippen LogP contribution in [0.3, 0.4) is 0 Å². The van der Waals surface area contributed by atoms with Crippen LogP contribution < -0.4 is 10.6 Å². The van der Waals surface area contributed by atoms with Gasteiger partial charge in [0.1, 0.15) is 0 Å². The second-order valence-corrected chi connectivity index (χ2v) is 7.75. The van der Waals surface area contributed by atoms with Crippen molar-refractivity contribution in [3.05, 3.63) is 0 Å². The van der Waals surface area contributed by atoms with Crippen LogP contribution in [0, 0.1) is 33.5 Å². The quantitative estimate of drug-likeness (QED) is 0.333. The zero-order chi connectivity index (χ0) is 18.3. The van der Waals surface area contributed by atoms with Crippen LogP contribution in [-0.4, -0.2) is 32.2 Å². The van der Waals surface area contributed by atoms with Gasteiger partial charge in [0.15, 0.2) is 10.3 Å².